The van der Waals surface area contributed by atoms with Crippen molar-refractivity contribution < 1.29 is 18.6 Å². The quantitative estimate of drug-likeness (QED) is 0.186. The second-order valence-corrected chi connectivity index (χ2v) is 7.21. The van der Waals surface area contributed by atoms with Gasteiger partial charge in [-0.1, -0.05) is 12.1 Å². The molecule has 0 radical (unpaired) electrons. The SMILES string of the molecule is CCNC(=NCc1cccnc1Oc1cccc(F)c1)NCCCOCC1CCCO1.I. The minimum atomic E-state index is -0.355. The van der Waals surface area contributed by atoms with E-state index in [4.69, 9.17) is 14.2 Å². The van der Waals surface area contributed by atoms with Gasteiger partial charge < -0.3 is 24.8 Å². The van der Waals surface area contributed by atoms with E-state index in [0.717, 1.165) is 44.5 Å². The Morgan fingerprint density at radius 1 is 1.28 bits per heavy atom. The highest BCUT2D eigenvalue weighted by atomic mass is 127. The molecule has 0 saturated carbocycles. The van der Waals surface area contributed by atoms with Crippen LogP contribution >= 0.6 is 24.0 Å². The van der Waals surface area contributed by atoms with E-state index in [0.29, 0.717) is 37.3 Å². The second-order valence-electron chi connectivity index (χ2n) is 7.21. The lowest BCUT2D eigenvalue weighted by Gasteiger charge is -2.13. The van der Waals surface area contributed by atoms with E-state index in [2.05, 4.69) is 20.6 Å². The molecule has 3 rings (SSSR count). The lowest BCUT2D eigenvalue weighted by molar-refractivity contribution is 0.0168. The summed E-state index contributed by atoms with van der Waals surface area (Å²) in [6.07, 6.45) is 4.99. The fraction of sp³-hybridized carbons (Fsp3) is 0.478. The third-order valence-electron chi connectivity index (χ3n) is 4.70. The van der Waals surface area contributed by atoms with Crippen LogP contribution in [-0.4, -0.2) is 50.0 Å². The fourth-order valence-corrected chi connectivity index (χ4v) is 3.16. The van der Waals surface area contributed by atoms with Gasteiger partial charge in [0.25, 0.3) is 0 Å². The van der Waals surface area contributed by atoms with Crippen LogP contribution in [0, 0.1) is 5.82 Å². The number of aromatic nitrogens is 1. The van der Waals surface area contributed by atoms with Crippen LogP contribution in [-0.2, 0) is 16.0 Å². The molecule has 2 aromatic rings. The third-order valence-corrected chi connectivity index (χ3v) is 4.70. The van der Waals surface area contributed by atoms with Gasteiger partial charge in [0.15, 0.2) is 5.96 Å². The number of pyridine rings is 1. The average molecular weight is 558 g/mol. The van der Waals surface area contributed by atoms with Crippen LogP contribution in [0.4, 0.5) is 4.39 Å². The first-order chi connectivity index (χ1) is 15.2. The zero-order chi connectivity index (χ0) is 21.7. The molecular weight excluding hydrogens is 526 g/mol. The van der Waals surface area contributed by atoms with Crippen molar-refractivity contribution in [3.63, 3.8) is 0 Å². The standard InChI is InChI=1S/C23H31FN4O3.HI/c1-2-25-23(27-12-6-13-29-17-21-10-5-14-30-21)28-16-18-7-4-11-26-22(18)31-20-9-3-8-19(24)15-20;/h3-4,7-9,11,15,21H,2,5-6,10,12-14,16-17H2,1H3,(H2,25,27,28);1H. The molecule has 1 saturated heterocycles. The molecular formula is C23H32FIN4O3. The van der Waals surface area contributed by atoms with E-state index in [1.54, 1.807) is 18.3 Å². The topological polar surface area (TPSA) is 77.0 Å². The molecule has 1 aromatic carbocycles. The molecule has 0 aliphatic carbocycles. The summed E-state index contributed by atoms with van der Waals surface area (Å²) < 4.78 is 30.4. The number of aliphatic imine (C=N–C) groups is 1. The first-order valence-electron chi connectivity index (χ1n) is 10.8. The van der Waals surface area contributed by atoms with E-state index in [-0.39, 0.29) is 35.9 Å². The van der Waals surface area contributed by atoms with E-state index < -0.39 is 0 Å². The zero-order valence-corrected chi connectivity index (χ0v) is 20.7. The summed E-state index contributed by atoms with van der Waals surface area (Å²) in [7, 11) is 0. The molecule has 0 amide bonds. The maximum absolute atomic E-state index is 13.4. The summed E-state index contributed by atoms with van der Waals surface area (Å²) in [5, 5.41) is 6.55. The van der Waals surface area contributed by atoms with Gasteiger partial charge >= 0.3 is 0 Å². The predicted molar refractivity (Wildman–Crippen MR) is 133 cm³/mol. The smallest absolute Gasteiger partial charge is 0.224 e. The van der Waals surface area contributed by atoms with Crippen molar-refractivity contribution in [2.75, 3.05) is 32.9 Å². The lowest BCUT2D eigenvalue weighted by Crippen LogP contribution is -2.38. The molecule has 9 heteroatoms. The molecule has 32 heavy (non-hydrogen) atoms. The summed E-state index contributed by atoms with van der Waals surface area (Å²) in [5.41, 5.74) is 0.809. The normalized spacial score (nSPS) is 15.8. The Hall–Kier alpha value is -1.98. The first kappa shape index (κ1) is 26.3. The van der Waals surface area contributed by atoms with Gasteiger partial charge in [-0.2, -0.15) is 0 Å². The monoisotopic (exact) mass is 558 g/mol. The third kappa shape index (κ3) is 9.25. The highest BCUT2D eigenvalue weighted by Gasteiger charge is 2.15. The van der Waals surface area contributed by atoms with Gasteiger partial charge in [0.05, 0.1) is 19.3 Å². The zero-order valence-electron chi connectivity index (χ0n) is 18.4. The number of nitrogens with one attached hydrogen (secondary N) is 2. The number of hydrogen-bond acceptors (Lipinski definition) is 5. The van der Waals surface area contributed by atoms with E-state index >= 15 is 0 Å². The molecule has 176 valence electrons. The van der Waals surface area contributed by atoms with Crippen molar-refractivity contribution in [1.82, 2.24) is 15.6 Å². The molecule has 1 unspecified atom stereocenters. The molecule has 1 fully saturated rings. The average Bonchev–Trinajstić information content (AvgIpc) is 3.29. The highest BCUT2D eigenvalue weighted by Crippen LogP contribution is 2.23. The van der Waals surface area contributed by atoms with Crippen LogP contribution < -0.4 is 15.4 Å². The molecule has 1 aliphatic rings. The number of benzene rings is 1. The Labute approximate surface area is 206 Å². The van der Waals surface area contributed by atoms with Crippen molar-refractivity contribution in [3.8, 4) is 11.6 Å². The Bertz CT molecular complexity index is 834. The van der Waals surface area contributed by atoms with Crippen molar-refractivity contribution in [3.05, 3.63) is 54.0 Å². The van der Waals surface area contributed by atoms with Crippen LogP contribution in [0.1, 0.15) is 31.7 Å². The number of ether oxygens (including phenoxy) is 3. The van der Waals surface area contributed by atoms with E-state index in [9.17, 15) is 4.39 Å². The fourth-order valence-electron chi connectivity index (χ4n) is 3.16. The lowest BCUT2D eigenvalue weighted by atomic mass is 10.2. The number of hydrogen-bond donors (Lipinski definition) is 2. The summed E-state index contributed by atoms with van der Waals surface area (Å²) >= 11 is 0. The molecule has 0 spiro atoms. The minimum absolute atomic E-state index is 0. The van der Waals surface area contributed by atoms with Gasteiger partial charge in [0.2, 0.25) is 5.88 Å². The molecule has 1 atom stereocenters. The Balaban J connectivity index is 0.00000363. The van der Waals surface area contributed by atoms with Crippen LogP contribution in [0.2, 0.25) is 0 Å². The second kappa shape index (κ2) is 15.0. The summed E-state index contributed by atoms with van der Waals surface area (Å²) in [4.78, 5) is 8.90. The molecule has 1 aromatic heterocycles. The number of nitrogens with zero attached hydrogens (tertiary/aromatic N) is 2. The van der Waals surface area contributed by atoms with Gasteiger partial charge in [0, 0.05) is 44.1 Å². The summed E-state index contributed by atoms with van der Waals surface area (Å²) in [6, 6.07) is 9.72. The molecule has 1 aliphatic heterocycles. The van der Waals surface area contributed by atoms with Crippen molar-refractivity contribution >= 4 is 29.9 Å². The largest absolute Gasteiger partial charge is 0.439 e. The van der Waals surface area contributed by atoms with Gasteiger partial charge in [-0.15, -0.1) is 24.0 Å². The minimum Gasteiger partial charge on any atom is -0.439 e. The Morgan fingerprint density at radius 2 is 2.19 bits per heavy atom. The van der Waals surface area contributed by atoms with Gasteiger partial charge in [-0.3, -0.25) is 0 Å². The van der Waals surface area contributed by atoms with Crippen molar-refractivity contribution in [2.45, 2.75) is 38.8 Å². The maximum Gasteiger partial charge on any atom is 0.224 e. The Morgan fingerprint density at radius 3 is 2.97 bits per heavy atom. The van der Waals surface area contributed by atoms with Crippen molar-refractivity contribution in [2.24, 2.45) is 4.99 Å². The number of guanidine groups is 1. The maximum atomic E-state index is 13.4. The highest BCUT2D eigenvalue weighted by molar-refractivity contribution is 14.0. The van der Waals surface area contributed by atoms with Crippen LogP contribution in [0.15, 0.2) is 47.6 Å². The predicted octanol–water partition coefficient (Wildman–Crippen LogP) is 4.27. The van der Waals surface area contributed by atoms with Gasteiger partial charge in [0.1, 0.15) is 11.6 Å². The van der Waals surface area contributed by atoms with E-state index in [1.807, 2.05) is 19.1 Å². The molecule has 2 N–H and O–H groups in total. The molecule has 7 nitrogen and oxygen atoms in total. The van der Waals surface area contributed by atoms with Crippen molar-refractivity contribution in [1.29, 1.82) is 0 Å². The summed E-state index contributed by atoms with van der Waals surface area (Å²) in [6.45, 7) is 6.10. The molecule has 0 bridgehead atoms. The molecule has 2 heterocycles. The van der Waals surface area contributed by atoms with Crippen LogP contribution in [0.25, 0.3) is 0 Å². The van der Waals surface area contributed by atoms with Gasteiger partial charge in [-0.05, 0) is 44.4 Å². The summed E-state index contributed by atoms with van der Waals surface area (Å²) in [5.74, 6) is 1.17. The van der Waals surface area contributed by atoms with E-state index in [1.165, 1.54) is 12.1 Å². The first-order valence-corrected chi connectivity index (χ1v) is 10.8. The van der Waals surface area contributed by atoms with Gasteiger partial charge in [-0.25, -0.2) is 14.4 Å². The number of halogens is 2. The van der Waals surface area contributed by atoms with Crippen LogP contribution in [0.5, 0.6) is 11.6 Å². The number of rotatable bonds is 11. The Kier molecular flexibility index (Phi) is 12.3. The van der Waals surface area contributed by atoms with Crippen LogP contribution in [0.3, 0.4) is 0 Å².